The van der Waals surface area contributed by atoms with Crippen LogP contribution < -0.4 is 0 Å². The number of rotatable bonds is 4. The van der Waals surface area contributed by atoms with Crippen LogP contribution in [0.15, 0.2) is 83.9 Å². The number of benzene rings is 2. The quantitative estimate of drug-likeness (QED) is 0.714. The summed E-state index contributed by atoms with van der Waals surface area (Å²) >= 11 is 0. The molecule has 0 fully saturated rings. The Morgan fingerprint density at radius 2 is 1.57 bits per heavy atom. The van der Waals surface area contributed by atoms with E-state index < -0.39 is 0 Å². The van der Waals surface area contributed by atoms with Gasteiger partial charge in [0.25, 0.3) is 0 Å². The second-order valence-corrected chi connectivity index (χ2v) is 5.35. The van der Waals surface area contributed by atoms with Gasteiger partial charge in [0.05, 0.1) is 12.3 Å². The van der Waals surface area contributed by atoms with Gasteiger partial charge >= 0.3 is 0 Å². The Labute approximate surface area is 126 Å². The predicted octanol–water partition coefficient (Wildman–Crippen LogP) is 4.73. The van der Waals surface area contributed by atoms with E-state index in [1.54, 1.807) is 0 Å². The van der Waals surface area contributed by atoms with Crippen molar-refractivity contribution in [2.24, 2.45) is 10.9 Å². The van der Waals surface area contributed by atoms with Crippen LogP contribution in [-0.4, -0.2) is 5.71 Å². The summed E-state index contributed by atoms with van der Waals surface area (Å²) in [6.07, 6.45) is 8.58. The number of aliphatic imine (C=N–C) groups is 1. The third-order valence-electron chi connectivity index (χ3n) is 3.69. The minimum Gasteiger partial charge on any atom is -0.283 e. The minimum atomic E-state index is 0.290. The predicted molar refractivity (Wildman–Crippen MR) is 89.6 cm³/mol. The molecular weight excluding hydrogens is 254 g/mol. The molecule has 0 N–H and O–H groups in total. The van der Waals surface area contributed by atoms with Crippen LogP contribution in [0, 0.1) is 12.8 Å². The first kappa shape index (κ1) is 13.6. The summed E-state index contributed by atoms with van der Waals surface area (Å²) in [5.74, 6) is 0.290. The lowest BCUT2D eigenvalue weighted by Crippen LogP contribution is -2.11. The third kappa shape index (κ3) is 3.38. The third-order valence-corrected chi connectivity index (χ3v) is 3.69. The average Bonchev–Trinajstić information content (AvgIpc) is 3.05. The molecule has 0 saturated carbocycles. The van der Waals surface area contributed by atoms with Crippen LogP contribution in [0.1, 0.15) is 16.7 Å². The van der Waals surface area contributed by atoms with Gasteiger partial charge in [0.2, 0.25) is 0 Å². The standard InChI is InChI=1S/C20H19N/c1-16-11-13-17(14-12-16)15-21-20(19-9-5-6-10-19)18-7-3-2-4-8-18/h2-14,19H,15H2,1H3. The first-order valence-corrected chi connectivity index (χ1v) is 7.33. The number of nitrogens with zero attached hydrogens (tertiary/aromatic N) is 1. The van der Waals surface area contributed by atoms with Gasteiger partial charge < -0.3 is 0 Å². The molecule has 21 heavy (non-hydrogen) atoms. The molecule has 2 aromatic carbocycles. The van der Waals surface area contributed by atoms with Crippen molar-refractivity contribution in [3.8, 4) is 0 Å². The summed E-state index contributed by atoms with van der Waals surface area (Å²) in [6, 6.07) is 19.0. The van der Waals surface area contributed by atoms with E-state index in [9.17, 15) is 0 Å². The molecule has 0 amide bonds. The van der Waals surface area contributed by atoms with Crippen LogP contribution in [0.3, 0.4) is 0 Å². The maximum atomic E-state index is 4.89. The van der Waals surface area contributed by atoms with Crippen LogP contribution in [-0.2, 0) is 6.54 Å². The Bertz CT molecular complexity index is 664. The Hall–Kier alpha value is -2.41. The minimum absolute atomic E-state index is 0.290. The lowest BCUT2D eigenvalue weighted by Gasteiger charge is -2.11. The molecule has 0 saturated heterocycles. The molecule has 1 aliphatic carbocycles. The molecule has 0 radical (unpaired) electrons. The molecule has 0 heterocycles. The lowest BCUT2D eigenvalue weighted by molar-refractivity contribution is 1.02. The maximum Gasteiger partial charge on any atom is 0.0643 e. The van der Waals surface area contributed by atoms with E-state index in [0.29, 0.717) is 0 Å². The van der Waals surface area contributed by atoms with Crippen molar-refractivity contribution in [3.05, 3.63) is 95.6 Å². The van der Waals surface area contributed by atoms with Crippen molar-refractivity contribution >= 4 is 5.71 Å². The normalized spacial score (nSPS) is 14.8. The van der Waals surface area contributed by atoms with Crippen LogP contribution in [0.2, 0.25) is 0 Å². The van der Waals surface area contributed by atoms with Crippen molar-refractivity contribution in [1.29, 1.82) is 0 Å². The summed E-state index contributed by atoms with van der Waals surface area (Å²) in [4.78, 5) is 4.89. The van der Waals surface area contributed by atoms with E-state index in [1.165, 1.54) is 16.7 Å². The molecule has 0 atom stereocenters. The van der Waals surface area contributed by atoms with Gasteiger partial charge in [0, 0.05) is 5.92 Å². The van der Waals surface area contributed by atoms with Crippen molar-refractivity contribution in [1.82, 2.24) is 0 Å². The monoisotopic (exact) mass is 273 g/mol. The number of hydrogen-bond acceptors (Lipinski definition) is 1. The van der Waals surface area contributed by atoms with Gasteiger partial charge in [-0.2, -0.15) is 0 Å². The fourth-order valence-electron chi connectivity index (χ4n) is 2.48. The molecule has 104 valence electrons. The Balaban J connectivity index is 1.88. The van der Waals surface area contributed by atoms with Gasteiger partial charge in [0.1, 0.15) is 0 Å². The Morgan fingerprint density at radius 3 is 2.24 bits per heavy atom. The summed E-state index contributed by atoms with van der Waals surface area (Å²) in [5.41, 5.74) is 4.87. The van der Waals surface area contributed by atoms with Gasteiger partial charge in [0.15, 0.2) is 0 Å². The second kappa shape index (κ2) is 6.36. The van der Waals surface area contributed by atoms with Crippen LogP contribution in [0.5, 0.6) is 0 Å². The number of allylic oxidation sites excluding steroid dienone is 4. The Kier molecular flexibility index (Phi) is 4.11. The molecule has 0 aromatic heterocycles. The van der Waals surface area contributed by atoms with E-state index >= 15 is 0 Å². The highest BCUT2D eigenvalue weighted by atomic mass is 14.7. The van der Waals surface area contributed by atoms with Gasteiger partial charge in [-0.05, 0) is 18.1 Å². The van der Waals surface area contributed by atoms with Crippen molar-refractivity contribution in [3.63, 3.8) is 0 Å². The molecule has 0 bridgehead atoms. The lowest BCUT2D eigenvalue weighted by atomic mass is 9.98. The number of hydrogen-bond donors (Lipinski definition) is 0. The topological polar surface area (TPSA) is 12.4 Å². The van der Waals surface area contributed by atoms with Gasteiger partial charge in [-0.15, -0.1) is 0 Å². The van der Waals surface area contributed by atoms with Crippen LogP contribution in [0.25, 0.3) is 0 Å². The molecular formula is C20H19N. The molecule has 3 rings (SSSR count). The molecule has 2 aromatic rings. The van der Waals surface area contributed by atoms with Gasteiger partial charge in [-0.25, -0.2) is 0 Å². The van der Waals surface area contributed by atoms with Gasteiger partial charge in [-0.1, -0.05) is 84.5 Å². The van der Waals surface area contributed by atoms with Crippen molar-refractivity contribution in [2.45, 2.75) is 13.5 Å². The first-order chi connectivity index (χ1) is 10.3. The summed E-state index contributed by atoms with van der Waals surface area (Å²) in [5, 5.41) is 0. The zero-order valence-corrected chi connectivity index (χ0v) is 12.2. The maximum absolute atomic E-state index is 4.89. The zero-order chi connectivity index (χ0) is 14.5. The highest BCUT2D eigenvalue weighted by Crippen LogP contribution is 2.18. The zero-order valence-electron chi connectivity index (χ0n) is 12.2. The summed E-state index contributed by atoms with van der Waals surface area (Å²) in [7, 11) is 0. The van der Waals surface area contributed by atoms with Crippen LogP contribution >= 0.6 is 0 Å². The van der Waals surface area contributed by atoms with Crippen molar-refractivity contribution < 1.29 is 0 Å². The number of aryl methyl sites for hydroxylation is 1. The van der Waals surface area contributed by atoms with Gasteiger partial charge in [-0.3, -0.25) is 4.99 Å². The molecule has 0 aliphatic heterocycles. The van der Waals surface area contributed by atoms with E-state index in [-0.39, 0.29) is 5.92 Å². The largest absolute Gasteiger partial charge is 0.283 e. The molecule has 1 nitrogen and oxygen atoms in total. The highest BCUT2D eigenvalue weighted by Gasteiger charge is 2.13. The SMILES string of the molecule is Cc1ccc(CN=C(c2ccccc2)C2C=CC=C2)cc1. The second-order valence-electron chi connectivity index (χ2n) is 5.35. The van der Waals surface area contributed by atoms with E-state index in [0.717, 1.165) is 12.3 Å². The summed E-state index contributed by atoms with van der Waals surface area (Å²) in [6.45, 7) is 2.83. The van der Waals surface area contributed by atoms with Crippen LogP contribution in [0.4, 0.5) is 0 Å². The van der Waals surface area contributed by atoms with E-state index in [1.807, 2.05) is 6.07 Å². The van der Waals surface area contributed by atoms with E-state index in [2.05, 4.69) is 79.8 Å². The molecule has 1 aliphatic rings. The van der Waals surface area contributed by atoms with Crippen molar-refractivity contribution in [2.75, 3.05) is 0 Å². The smallest absolute Gasteiger partial charge is 0.0643 e. The Morgan fingerprint density at radius 1 is 0.905 bits per heavy atom. The summed E-state index contributed by atoms with van der Waals surface area (Å²) < 4.78 is 0. The fraction of sp³-hybridized carbons (Fsp3) is 0.150. The van der Waals surface area contributed by atoms with E-state index in [4.69, 9.17) is 4.99 Å². The fourth-order valence-corrected chi connectivity index (χ4v) is 2.48. The highest BCUT2D eigenvalue weighted by molar-refractivity contribution is 6.04. The first-order valence-electron chi connectivity index (χ1n) is 7.33. The molecule has 0 spiro atoms. The molecule has 1 heteroatoms. The average molecular weight is 273 g/mol. The molecule has 0 unspecified atom stereocenters.